The first kappa shape index (κ1) is 17.6. The van der Waals surface area contributed by atoms with Crippen LogP contribution < -0.4 is 20.7 Å². The minimum atomic E-state index is -0.378. The Morgan fingerprint density at radius 1 is 1.19 bits per heavy atom. The van der Waals surface area contributed by atoms with Gasteiger partial charge in [-0.15, -0.1) is 0 Å². The first-order chi connectivity index (χ1) is 12.6. The predicted molar refractivity (Wildman–Crippen MR) is 103 cm³/mol. The van der Waals surface area contributed by atoms with E-state index in [9.17, 15) is 4.79 Å². The number of aryl methyl sites for hydroxylation is 1. The van der Waals surface area contributed by atoms with Gasteiger partial charge in [0.05, 0.1) is 23.4 Å². The lowest BCUT2D eigenvalue weighted by Gasteiger charge is -2.06. The molecule has 3 aromatic rings. The second-order valence-corrected chi connectivity index (χ2v) is 6.26. The first-order valence-electron chi connectivity index (χ1n) is 7.79. The van der Waals surface area contributed by atoms with Crippen LogP contribution in [-0.4, -0.2) is 35.1 Å². The number of thiazole rings is 1. The smallest absolute Gasteiger partial charge is 0.325 e. The Morgan fingerprint density at radius 2 is 2.04 bits per heavy atom. The largest absolute Gasteiger partial charge is 0.497 e. The van der Waals surface area contributed by atoms with Crippen molar-refractivity contribution in [3.63, 3.8) is 0 Å². The first-order valence-corrected chi connectivity index (χ1v) is 8.61. The van der Waals surface area contributed by atoms with Crippen LogP contribution in [0.2, 0.25) is 0 Å². The van der Waals surface area contributed by atoms with E-state index < -0.39 is 0 Å². The van der Waals surface area contributed by atoms with Crippen molar-refractivity contribution < 1.29 is 9.53 Å². The van der Waals surface area contributed by atoms with Gasteiger partial charge in [-0.05, 0) is 25.1 Å². The lowest BCUT2D eigenvalue weighted by atomic mass is 10.3. The molecule has 0 spiro atoms. The number of nitrogens with one attached hydrogen (secondary N) is 3. The molecule has 1 aromatic carbocycles. The summed E-state index contributed by atoms with van der Waals surface area (Å²) in [7, 11) is 3.33. The van der Waals surface area contributed by atoms with Gasteiger partial charge in [0, 0.05) is 25.0 Å². The molecule has 0 radical (unpaired) electrons. The van der Waals surface area contributed by atoms with Gasteiger partial charge in [-0.1, -0.05) is 17.4 Å². The summed E-state index contributed by atoms with van der Waals surface area (Å²) < 4.78 is 5.14. The summed E-state index contributed by atoms with van der Waals surface area (Å²) in [5.41, 5.74) is 2.16. The zero-order chi connectivity index (χ0) is 18.5. The average Bonchev–Trinajstić information content (AvgIpc) is 3.01. The number of rotatable bonds is 5. The van der Waals surface area contributed by atoms with E-state index in [0.717, 1.165) is 16.3 Å². The fraction of sp³-hybridized carbons (Fsp3) is 0.176. The SMILES string of the molecule is CNc1nccc(-c2sc(NC(=O)Nc3cccc(OC)c3)nc2C)n1. The standard InChI is InChI=1S/C17H18N6O2S/c1-10-14(13-7-8-19-15(18-2)22-13)26-17(20-10)23-16(24)21-11-5-4-6-12(9-11)25-3/h4-9H,1-3H3,(H,18,19,22)(H2,20,21,23,24). The number of ether oxygens (including phenoxy) is 1. The highest BCUT2D eigenvalue weighted by atomic mass is 32.1. The van der Waals surface area contributed by atoms with E-state index in [4.69, 9.17) is 4.74 Å². The number of nitrogens with zero attached hydrogens (tertiary/aromatic N) is 3. The van der Waals surface area contributed by atoms with E-state index in [1.165, 1.54) is 11.3 Å². The summed E-state index contributed by atoms with van der Waals surface area (Å²) in [4.78, 5) is 26.0. The molecule has 0 aliphatic rings. The zero-order valence-corrected chi connectivity index (χ0v) is 15.3. The topological polar surface area (TPSA) is 101 Å². The van der Waals surface area contributed by atoms with Crippen LogP contribution in [0.4, 0.5) is 21.6 Å². The Labute approximate surface area is 154 Å². The maximum absolute atomic E-state index is 12.2. The molecule has 134 valence electrons. The molecule has 2 aromatic heterocycles. The highest BCUT2D eigenvalue weighted by Crippen LogP contribution is 2.31. The third-order valence-electron chi connectivity index (χ3n) is 3.46. The quantitative estimate of drug-likeness (QED) is 0.634. The number of anilines is 3. The number of amides is 2. The van der Waals surface area contributed by atoms with Crippen LogP contribution >= 0.6 is 11.3 Å². The molecule has 0 saturated carbocycles. The third kappa shape index (κ3) is 4.06. The van der Waals surface area contributed by atoms with Crippen LogP contribution in [0.1, 0.15) is 5.69 Å². The average molecular weight is 370 g/mol. The van der Waals surface area contributed by atoms with Crippen molar-refractivity contribution in [2.75, 3.05) is 30.1 Å². The van der Waals surface area contributed by atoms with E-state index in [-0.39, 0.29) is 6.03 Å². The Balaban J connectivity index is 1.73. The van der Waals surface area contributed by atoms with Gasteiger partial charge in [0.1, 0.15) is 5.75 Å². The highest BCUT2D eigenvalue weighted by molar-refractivity contribution is 7.19. The summed E-state index contributed by atoms with van der Waals surface area (Å²) in [5, 5.41) is 8.89. The lowest BCUT2D eigenvalue weighted by Crippen LogP contribution is -2.19. The maximum Gasteiger partial charge on any atom is 0.325 e. The molecule has 3 rings (SSSR count). The normalized spacial score (nSPS) is 10.3. The van der Waals surface area contributed by atoms with Gasteiger partial charge in [-0.25, -0.2) is 19.7 Å². The Bertz CT molecular complexity index is 927. The molecule has 26 heavy (non-hydrogen) atoms. The number of hydrogen-bond donors (Lipinski definition) is 3. The van der Waals surface area contributed by atoms with Gasteiger partial charge in [0.2, 0.25) is 5.95 Å². The van der Waals surface area contributed by atoms with E-state index in [2.05, 4.69) is 30.9 Å². The van der Waals surface area contributed by atoms with Gasteiger partial charge in [-0.2, -0.15) is 0 Å². The summed E-state index contributed by atoms with van der Waals surface area (Å²) in [6.45, 7) is 1.87. The van der Waals surface area contributed by atoms with Gasteiger partial charge < -0.3 is 15.4 Å². The van der Waals surface area contributed by atoms with E-state index in [1.54, 1.807) is 50.7 Å². The molecule has 0 atom stereocenters. The van der Waals surface area contributed by atoms with Crippen LogP contribution in [0.15, 0.2) is 36.5 Å². The zero-order valence-electron chi connectivity index (χ0n) is 14.5. The fourth-order valence-corrected chi connectivity index (χ4v) is 3.18. The number of carbonyl (C=O) groups excluding carboxylic acids is 1. The molecule has 2 heterocycles. The number of aromatic nitrogens is 3. The minimum absolute atomic E-state index is 0.378. The molecule has 0 unspecified atom stereocenters. The monoisotopic (exact) mass is 370 g/mol. The Hall–Kier alpha value is -3.20. The summed E-state index contributed by atoms with van der Waals surface area (Å²) in [6, 6.07) is 8.55. The molecule has 0 fully saturated rings. The molecular weight excluding hydrogens is 352 g/mol. The van der Waals surface area contributed by atoms with Gasteiger partial charge in [0.25, 0.3) is 0 Å². The van der Waals surface area contributed by atoms with Crippen LogP contribution in [0.5, 0.6) is 5.75 Å². The minimum Gasteiger partial charge on any atom is -0.497 e. The van der Waals surface area contributed by atoms with Crippen molar-refractivity contribution in [1.29, 1.82) is 0 Å². The molecule has 9 heteroatoms. The molecule has 0 saturated heterocycles. The molecular formula is C17H18N6O2S. The number of methoxy groups -OCH3 is 1. The van der Waals surface area contributed by atoms with Crippen molar-refractivity contribution in [2.24, 2.45) is 0 Å². The van der Waals surface area contributed by atoms with Crippen molar-refractivity contribution in [3.8, 4) is 16.3 Å². The predicted octanol–water partition coefficient (Wildman–Crippen LogP) is 3.60. The third-order valence-corrected chi connectivity index (χ3v) is 4.55. The van der Waals surface area contributed by atoms with Gasteiger partial charge in [0.15, 0.2) is 5.13 Å². The van der Waals surface area contributed by atoms with Crippen molar-refractivity contribution in [2.45, 2.75) is 6.92 Å². The van der Waals surface area contributed by atoms with Crippen molar-refractivity contribution >= 4 is 34.1 Å². The highest BCUT2D eigenvalue weighted by Gasteiger charge is 2.14. The van der Waals surface area contributed by atoms with Crippen molar-refractivity contribution in [3.05, 3.63) is 42.2 Å². The maximum atomic E-state index is 12.2. The number of carbonyl (C=O) groups is 1. The van der Waals surface area contributed by atoms with Gasteiger partial charge >= 0.3 is 6.03 Å². The number of urea groups is 1. The fourth-order valence-electron chi connectivity index (χ4n) is 2.25. The second-order valence-electron chi connectivity index (χ2n) is 5.26. The second kappa shape index (κ2) is 7.79. The van der Waals surface area contributed by atoms with Crippen LogP contribution in [0.3, 0.4) is 0 Å². The van der Waals surface area contributed by atoms with Crippen LogP contribution in [0.25, 0.3) is 10.6 Å². The lowest BCUT2D eigenvalue weighted by molar-refractivity contribution is 0.262. The Morgan fingerprint density at radius 3 is 2.81 bits per heavy atom. The van der Waals surface area contributed by atoms with Gasteiger partial charge in [-0.3, -0.25) is 5.32 Å². The molecule has 0 aliphatic carbocycles. The summed E-state index contributed by atoms with van der Waals surface area (Å²) in [6.07, 6.45) is 1.68. The summed E-state index contributed by atoms with van der Waals surface area (Å²) >= 11 is 1.35. The molecule has 3 N–H and O–H groups in total. The summed E-state index contributed by atoms with van der Waals surface area (Å²) in [5.74, 6) is 1.19. The molecule has 8 nitrogen and oxygen atoms in total. The van der Waals surface area contributed by atoms with Crippen LogP contribution in [0, 0.1) is 6.92 Å². The molecule has 0 aliphatic heterocycles. The molecule has 2 amide bonds. The Kier molecular flexibility index (Phi) is 5.28. The van der Waals surface area contributed by atoms with E-state index >= 15 is 0 Å². The number of benzene rings is 1. The van der Waals surface area contributed by atoms with Crippen LogP contribution in [-0.2, 0) is 0 Å². The van der Waals surface area contributed by atoms with E-state index in [0.29, 0.717) is 22.5 Å². The number of hydrogen-bond acceptors (Lipinski definition) is 7. The van der Waals surface area contributed by atoms with E-state index in [1.807, 2.05) is 6.92 Å². The van der Waals surface area contributed by atoms with Crippen molar-refractivity contribution in [1.82, 2.24) is 15.0 Å². The molecule has 0 bridgehead atoms.